The first-order chi connectivity index (χ1) is 16.0. The van der Waals surface area contributed by atoms with Crippen molar-refractivity contribution in [2.24, 2.45) is 0 Å². The third-order valence-electron chi connectivity index (χ3n) is 6.19. The highest BCUT2D eigenvalue weighted by Crippen LogP contribution is 2.48. The van der Waals surface area contributed by atoms with E-state index in [9.17, 15) is 14.7 Å². The number of hydrogen-bond acceptors (Lipinski definition) is 5. The molecule has 5 rings (SSSR count). The summed E-state index contributed by atoms with van der Waals surface area (Å²) in [5.41, 5.74) is 3.65. The molecule has 1 saturated carbocycles. The van der Waals surface area contributed by atoms with E-state index in [1.54, 1.807) is 6.20 Å². The predicted octanol–water partition coefficient (Wildman–Crippen LogP) is 5.92. The van der Waals surface area contributed by atoms with Gasteiger partial charge >= 0.3 is 12.1 Å². The number of anilines is 1. The molecule has 1 amide bonds. The van der Waals surface area contributed by atoms with Crippen molar-refractivity contribution in [2.45, 2.75) is 31.3 Å². The zero-order valence-electron chi connectivity index (χ0n) is 17.9. The fourth-order valence-electron chi connectivity index (χ4n) is 4.07. The normalized spacial score (nSPS) is 15.1. The summed E-state index contributed by atoms with van der Waals surface area (Å²) in [5, 5.41) is 16.8. The number of benzene rings is 3. The highest BCUT2D eigenvalue weighted by Gasteiger charge is 2.51. The summed E-state index contributed by atoms with van der Waals surface area (Å²) in [6.45, 7) is 1.81. The van der Waals surface area contributed by atoms with Crippen molar-refractivity contribution >= 4 is 28.7 Å². The fraction of sp³-hybridized carbons (Fsp3) is 0.192. The maximum Gasteiger partial charge on any atom is 0.412 e. The first-order valence-electron chi connectivity index (χ1n) is 10.7. The zero-order chi connectivity index (χ0) is 23.0. The van der Waals surface area contributed by atoms with Gasteiger partial charge in [-0.05, 0) is 54.2 Å². The number of aromatic nitrogens is 1. The average Bonchev–Trinajstić information content (AvgIpc) is 3.51. The number of hydrogen-bond donors (Lipinski definition) is 2. The summed E-state index contributed by atoms with van der Waals surface area (Å²) in [7, 11) is 0. The zero-order valence-corrected chi connectivity index (χ0v) is 17.9. The largest absolute Gasteiger partial charge is 0.481 e. The van der Waals surface area contributed by atoms with Crippen LogP contribution in [0.15, 0.2) is 77.4 Å². The van der Waals surface area contributed by atoms with Crippen molar-refractivity contribution in [1.82, 2.24) is 5.16 Å². The Balaban J connectivity index is 1.40. The lowest BCUT2D eigenvalue weighted by Gasteiger charge is -2.15. The predicted molar refractivity (Wildman–Crippen MR) is 123 cm³/mol. The number of nitrogens with zero attached hydrogens (tertiary/aromatic N) is 1. The molecule has 33 heavy (non-hydrogen) atoms. The summed E-state index contributed by atoms with van der Waals surface area (Å²) in [5.74, 6) is -0.784. The molecule has 1 aromatic heterocycles. The molecular formula is C26H22N2O5. The van der Waals surface area contributed by atoms with Crippen LogP contribution in [-0.2, 0) is 14.9 Å². The van der Waals surface area contributed by atoms with Crippen LogP contribution in [0.25, 0.3) is 22.1 Å². The van der Waals surface area contributed by atoms with Gasteiger partial charge in [0.25, 0.3) is 0 Å². The van der Waals surface area contributed by atoms with E-state index in [-0.39, 0.29) is 0 Å². The number of carbonyl (C=O) groups is 2. The maximum atomic E-state index is 12.6. The second-order valence-corrected chi connectivity index (χ2v) is 8.31. The SMILES string of the molecule is CC(OC(=O)Nc1cc(-c2ccc(C3(C(=O)O)CC3)cc2)cc2oncc12)c1ccccc1. The molecule has 166 valence electrons. The monoisotopic (exact) mass is 442 g/mol. The van der Waals surface area contributed by atoms with Crippen LogP contribution >= 0.6 is 0 Å². The van der Waals surface area contributed by atoms with E-state index in [1.165, 1.54) is 0 Å². The number of carboxylic acids is 1. The van der Waals surface area contributed by atoms with Gasteiger partial charge in [-0.2, -0.15) is 0 Å². The van der Waals surface area contributed by atoms with Crippen LogP contribution in [-0.4, -0.2) is 22.3 Å². The fourth-order valence-corrected chi connectivity index (χ4v) is 4.07. The highest BCUT2D eigenvalue weighted by molar-refractivity contribution is 6.00. The van der Waals surface area contributed by atoms with Crippen LogP contribution < -0.4 is 5.32 Å². The molecule has 1 heterocycles. The van der Waals surface area contributed by atoms with Crippen molar-refractivity contribution in [3.63, 3.8) is 0 Å². The van der Waals surface area contributed by atoms with E-state index in [0.717, 1.165) is 22.3 Å². The molecule has 2 N–H and O–H groups in total. The molecule has 3 aromatic carbocycles. The van der Waals surface area contributed by atoms with E-state index < -0.39 is 23.6 Å². The Labute approximate surface area is 190 Å². The van der Waals surface area contributed by atoms with E-state index in [4.69, 9.17) is 9.26 Å². The molecule has 7 heteroatoms. The molecule has 1 fully saturated rings. The van der Waals surface area contributed by atoms with Gasteiger partial charge in [0.2, 0.25) is 0 Å². The smallest absolute Gasteiger partial charge is 0.412 e. The Morgan fingerprint density at radius 1 is 1.06 bits per heavy atom. The minimum atomic E-state index is -0.784. The van der Waals surface area contributed by atoms with Gasteiger partial charge in [0.15, 0.2) is 5.58 Å². The van der Waals surface area contributed by atoms with Gasteiger partial charge in [-0.3, -0.25) is 10.1 Å². The summed E-state index contributed by atoms with van der Waals surface area (Å²) >= 11 is 0. The molecule has 0 radical (unpaired) electrons. The van der Waals surface area contributed by atoms with Gasteiger partial charge in [0.05, 0.1) is 22.7 Å². The summed E-state index contributed by atoms with van der Waals surface area (Å²) < 4.78 is 10.9. The van der Waals surface area contributed by atoms with Gasteiger partial charge in [0.1, 0.15) is 6.10 Å². The van der Waals surface area contributed by atoms with Gasteiger partial charge in [-0.25, -0.2) is 4.79 Å². The minimum Gasteiger partial charge on any atom is -0.481 e. The minimum absolute atomic E-state index is 0.413. The van der Waals surface area contributed by atoms with Crippen molar-refractivity contribution in [3.8, 4) is 11.1 Å². The Hall–Kier alpha value is -4.13. The highest BCUT2D eigenvalue weighted by atomic mass is 16.6. The number of nitrogens with one attached hydrogen (secondary N) is 1. The van der Waals surface area contributed by atoms with Crippen molar-refractivity contribution in [2.75, 3.05) is 5.32 Å². The van der Waals surface area contributed by atoms with Crippen LogP contribution in [0.1, 0.15) is 37.0 Å². The van der Waals surface area contributed by atoms with Crippen LogP contribution in [0.2, 0.25) is 0 Å². The molecule has 0 aliphatic heterocycles. The summed E-state index contributed by atoms with van der Waals surface area (Å²) in [4.78, 5) is 24.2. The molecule has 1 aliphatic rings. The molecule has 0 spiro atoms. The Morgan fingerprint density at radius 3 is 2.45 bits per heavy atom. The van der Waals surface area contributed by atoms with Crippen LogP contribution in [0.5, 0.6) is 0 Å². The third-order valence-corrected chi connectivity index (χ3v) is 6.19. The van der Waals surface area contributed by atoms with E-state index in [2.05, 4.69) is 10.5 Å². The Kier molecular flexibility index (Phi) is 5.09. The number of rotatable bonds is 6. The van der Waals surface area contributed by atoms with Crippen molar-refractivity contribution < 1.29 is 24.0 Å². The van der Waals surface area contributed by atoms with Gasteiger partial charge < -0.3 is 14.4 Å². The third kappa shape index (κ3) is 3.93. The quantitative estimate of drug-likeness (QED) is 0.384. The summed E-state index contributed by atoms with van der Waals surface area (Å²) in [6.07, 6.45) is 1.86. The van der Waals surface area contributed by atoms with Crippen molar-refractivity contribution in [3.05, 3.63) is 84.1 Å². The topological polar surface area (TPSA) is 102 Å². The number of fused-ring (bicyclic) bond motifs is 1. The Bertz CT molecular complexity index is 1320. The van der Waals surface area contributed by atoms with Crippen LogP contribution in [0.4, 0.5) is 10.5 Å². The average molecular weight is 442 g/mol. The molecule has 0 bridgehead atoms. The maximum absolute atomic E-state index is 12.6. The van der Waals surface area contributed by atoms with Crippen LogP contribution in [0.3, 0.4) is 0 Å². The number of aliphatic carboxylic acids is 1. The summed E-state index contributed by atoms with van der Waals surface area (Å²) in [6, 6.07) is 20.6. The molecular weight excluding hydrogens is 420 g/mol. The van der Waals surface area contributed by atoms with Crippen molar-refractivity contribution in [1.29, 1.82) is 0 Å². The number of amides is 1. The Morgan fingerprint density at radius 2 is 1.79 bits per heavy atom. The first kappa shape index (κ1) is 20.8. The molecule has 1 atom stereocenters. The molecule has 7 nitrogen and oxygen atoms in total. The first-order valence-corrected chi connectivity index (χ1v) is 10.7. The molecule has 4 aromatic rings. The number of carboxylic acid groups (broad SMARTS) is 1. The lowest BCUT2D eigenvalue weighted by atomic mass is 9.93. The van der Waals surface area contributed by atoms with E-state index in [1.807, 2.05) is 73.7 Å². The van der Waals surface area contributed by atoms with E-state index >= 15 is 0 Å². The second-order valence-electron chi connectivity index (χ2n) is 8.31. The lowest BCUT2D eigenvalue weighted by molar-refractivity contribution is -0.140. The molecule has 1 aliphatic carbocycles. The van der Waals surface area contributed by atoms with E-state index in [0.29, 0.717) is 29.5 Å². The standard InChI is InChI=1S/C26H22N2O5/c1-16(17-5-3-2-4-6-17)32-25(31)28-22-13-19(14-23-21(22)15-27-33-23)18-7-9-20(10-8-18)26(11-12-26)24(29)30/h2-10,13-16H,11-12H2,1H3,(H,28,31)(H,29,30). The molecule has 1 unspecified atom stereocenters. The van der Waals surface area contributed by atoms with Crippen LogP contribution in [0, 0.1) is 0 Å². The lowest BCUT2D eigenvalue weighted by Crippen LogP contribution is -2.19. The van der Waals surface area contributed by atoms with Gasteiger partial charge in [-0.1, -0.05) is 59.8 Å². The molecule has 0 saturated heterocycles. The number of carbonyl (C=O) groups excluding carboxylic acids is 1. The second kappa shape index (κ2) is 8.09. The van der Waals surface area contributed by atoms with Gasteiger partial charge in [-0.15, -0.1) is 0 Å². The van der Waals surface area contributed by atoms with Gasteiger partial charge in [0, 0.05) is 0 Å². The number of ether oxygens (including phenoxy) is 1.